The van der Waals surface area contributed by atoms with E-state index in [-0.39, 0.29) is 4.90 Å². The van der Waals surface area contributed by atoms with Crippen LogP contribution in [-0.2, 0) is 10.0 Å². The van der Waals surface area contributed by atoms with Crippen molar-refractivity contribution in [1.29, 1.82) is 0 Å². The van der Waals surface area contributed by atoms with Crippen LogP contribution in [0.1, 0.15) is 5.56 Å². The molecular weight excluding hydrogens is 271 g/mol. The Hall–Kier alpha value is -1.02. The topological polar surface area (TPSA) is 69.6 Å². The van der Waals surface area contributed by atoms with Gasteiger partial charge in [0.2, 0.25) is 10.0 Å². The lowest BCUT2D eigenvalue weighted by atomic mass is 10.2. The van der Waals surface area contributed by atoms with Gasteiger partial charge in [0.15, 0.2) is 0 Å². The number of aliphatic hydroxyl groups is 1. The zero-order valence-corrected chi connectivity index (χ0v) is 11.6. The first-order valence-electron chi connectivity index (χ1n) is 5.97. The summed E-state index contributed by atoms with van der Waals surface area (Å²) in [7, 11) is -2.40. The zero-order chi connectivity index (χ0) is 14.2. The first-order chi connectivity index (χ1) is 8.84. The molecule has 1 fully saturated rings. The first kappa shape index (κ1) is 14.4. The standard InChI is InChI=1S/C12H17FN2O3S/c1-8-3-4-9(5-10(8)13)19(17,18)15(2)11-6-14-7-12(11)16/h3-5,11-12,14,16H,6-7H2,1-2H3/t11-,12-/m0/s1. The molecule has 1 aromatic rings. The van der Waals surface area contributed by atoms with Crippen LogP contribution >= 0.6 is 0 Å². The highest BCUT2D eigenvalue weighted by Gasteiger charge is 2.35. The lowest BCUT2D eigenvalue weighted by Gasteiger charge is -2.25. The third-order valence-electron chi connectivity index (χ3n) is 3.44. The predicted octanol–water partition coefficient (Wildman–Crippen LogP) is 0.0873. The van der Waals surface area contributed by atoms with Crippen LogP contribution in [0.25, 0.3) is 0 Å². The molecule has 1 aliphatic rings. The minimum Gasteiger partial charge on any atom is -0.390 e. The van der Waals surface area contributed by atoms with Gasteiger partial charge >= 0.3 is 0 Å². The fourth-order valence-corrected chi connectivity index (χ4v) is 3.50. The van der Waals surface area contributed by atoms with Crippen molar-refractivity contribution in [3.8, 4) is 0 Å². The van der Waals surface area contributed by atoms with E-state index in [0.29, 0.717) is 18.7 Å². The number of hydrogen-bond acceptors (Lipinski definition) is 4. The van der Waals surface area contributed by atoms with Gasteiger partial charge in [-0.05, 0) is 24.6 Å². The maximum absolute atomic E-state index is 13.5. The van der Waals surface area contributed by atoms with E-state index in [1.54, 1.807) is 6.92 Å². The van der Waals surface area contributed by atoms with E-state index < -0.39 is 28.0 Å². The number of β-amino-alcohol motifs (C(OH)–C–C–N with tert-alkyl or cyclic N) is 1. The Morgan fingerprint density at radius 1 is 1.42 bits per heavy atom. The van der Waals surface area contributed by atoms with Crippen molar-refractivity contribution < 1.29 is 17.9 Å². The second kappa shape index (κ2) is 5.16. The quantitative estimate of drug-likeness (QED) is 0.827. The van der Waals surface area contributed by atoms with E-state index in [0.717, 1.165) is 10.4 Å². The summed E-state index contributed by atoms with van der Waals surface area (Å²) in [5.41, 5.74) is 0.393. The molecule has 106 valence electrons. The summed E-state index contributed by atoms with van der Waals surface area (Å²) < 4.78 is 39.3. The molecule has 0 saturated carbocycles. The molecule has 0 amide bonds. The fourth-order valence-electron chi connectivity index (χ4n) is 2.10. The maximum atomic E-state index is 13.5. The van der Waals surface area contributed by atoms with Gasteiger partial charge in [0.25, 0.3) is 0 Å². The summed E-state index contributed by atoms with van der Waals surface area (Å²) in [6.07, 6.45) is -0.755. The van der Waals surface area contributed by atoms with E-state index >= 15 is 0 Å². The van der Waals surface area contributed by atoms with Gasteiger partial charge in [0.05, 0.1) is 17.0 Å². The number of aryl methyl sites for hydroxylation is 1. The normalized spacial score (nSPS) is 24.1. The van der Waals surface area contributed by atoms with Crippen LogP contribution < -0.4 is 5.32 Å². The first-order valence-corrected chi connectivity index (χ1v) is 7.41. The summed E-state index contributed by atoms with van der Waals surface area (Å²) in [4.78, 5) is -0.0998. The van der Waals surface area contributed by atoms with Crippen molar-refractivity contribution in [2.45, 2.75) is 24.0 Å². The van der Waals surface area contributed by atoms with Gasteiger partial charge in [-0.3, -0.25) is 0 Å². The van der Waals surface area contributed by atoms with Gasteiger partial charge in [-0.25, -0.2) is 12.8 Å². The molecule has 1 heterocycles. The number of nitrogens with zero attached hydrogens (tertiary/aromatic N) is 1. The second-order valence-electron chi connectivity index (χ2n) is 4.73. The Morgan fingerprint density at radius 2 is 2.11 bits per heavy atom. The number of likely N-dealkylation sites (N-methyl/N-ethyl adjacent to an activating group) is 1. The fraction of sp³-hybridized carbons (Fsp3) is 0.500. The second-order valence-corrected chi connectivity index (χ2v) is 6.72. The summed E-state index contributed by atoms with van der Waals surface area (Å²) in [5, 5.41) is 12.6. The van der Waals surface area contributed by atoms with Crippen molar-refractivity contribution in [2.24, 2.45) is 0 Å². The smallest absolute Gasteiger partial charge is 0.243 e. The van der Waals surface area contributed by atoms with E-state index in [4.69, 9.17) is 0 Å². The molecule has 19 heavy (non-hydrogen) atoms. The summed E-state index contributed by atoms with van der Waals surface area (Å²) in [6.45, 7) is 2.30. The van der Waals surface area contributed by atoms with Gasteiger partial charge in [-0.2, -0.15) is 4.31 Å². The average Bonchev–Trinajstić information content (AvgIpc) is 2.77. The van der Waals surface area contributed by atoms with Crippen molar-refractivity contribution in [1.82, 2.24) is 9.62 Å². The molecule has 0 spiro atoms. The van der Waals surface area contributed by atoms with Crippen LogP contribution in [0.5, 0.6) is 0 Å². The molecule has 0 radical (unpaired) electrons. The monoisotopic (exact) mass is 288 g/mol. The number of rotatable bonds is 3. The SMILES string of the molecule is Cc1ccc(S(=O)(=O)N(C)[C@H]2CNC[C@@H]2O)cc1F. The Labute approximate surface area is 112 Å². The molecule has 1 aromatic carbocycles. The van der Waals surface area contributed by atoms with Crippen molar-refractivity contribution in [3.63, 3.8) is 0 Å². The minimum absolute atomic E-state index is 0.0998. The highest BCUT2D eigenvalue weighted by atomic mass is 32.2. The van der Waals surface area contributed by atoms with Crippen molar-refractivity contribution >= 4 is 10.0 Å². The van der Waals surface area contributed by atoms with Gasteiger partial charge in [-0.1, -0.05) is 6.07 Å². The lowest BCUT2D eigenvalue weighted by Crippen LogP contribution is -2.44. The van der Waals surface area contributed by atoms with E-state index in [9.17, 15) is 17.9 Å². The molecular formula is C12H17FN2O3S. The van der Waals surface area contributed by atoms with Gasteiger partial charge in [0.1, 0.15) is 5.82 Å². The zero-order valence-electron chi connectivity index (χ0n) is 10.8. The van der Waals surface area contributed by atoms with Crippen LogP contribution in [0.2, 0.25) is 0 Å². The van der Waals surface area contributed by atoms with E-state index in [1.807, 2.05) is 0 Å². The molecule has 0 aliphatic carbocycles. The molecule has 7 heteroatoms. The summed E-state index contributed by atoms with van der Waals surface area (Å²) in [6, 6.07) is 3.28. The Balaban J connectivity index is 2.33. The summed E-state index contributed by atoms with van der Waals surface area (Å²) >= 11 is 0. The molecule has 0 bridgehead atoms. The Morgan fingerprint density at radius 3 is 2.63 bits per heavy atom. The summed E-state index contributed by atoms with van der Waals surface area (Å²) in [5.74, 6) is -0.556. The van der Waals surface area contributed by atoms with Crippen LogP contribution in [0.4, 0.5) is 4.39 Å². The van der Waals surface area contributed by atoms with Gasteiger partial charge in [0, 0.05) is 20.1 Å². The molecule has 0 unspecified atom stereocenters. The maximum Gasteiger partial charge on any atom is 0.243 e. The van der Waals surface area contributed by atoms with E-state index in [2.05, 4.69) is 5.32 Å². The highest BCUT2D eigenvalue weighted by Crippen LogP contribution is 2.21. The van der Waals surface area contributed by atoms with Crippen LogP contribution in [-0.4, -0.2) is 50.1 Å². The number of hydrogen-bond donors (Lipinski definition) is 2. The van der Waals surface area contributed by atoms with E-state index in [1.165, 1.54) is 19.2 Å². The highest BCUT2D eigenvalue weighted by molar-refractivity contribution is 7.89. The average molecular weight is 288 g/mol. The van der Waals surface area contributed by atoms with Crippen LogP contribution in [0.15, 0.2) is 23.1 Å². The number of nitrogens with one attached hydrogen (secondary N) is 1. The van der Waals surface area contributed by atoms with Crippen molar-refractivity contribution in [2.75, 3.05) is 20.1 Å². The Kier molecular flexibility index (Phi) is 3.91. The third kappa shape index (κ3) is 2.64. The van der Waals surface area contributed by atoms with Crippen LogP contribution in [0, 0.1) is 12.7 Å². The largest absolute Gasteiger partial charge is 0.390 e. The van der Waals surface area contributed by atoms with Gasteiger partial charge in [-0.15, -0.1) is 0 Å². The number of halogens is 1. The number of benzene rings is 1. The molecule has 5 nitrogen and oxygen atoms in total. The minimum atomic E-state index is -3.80. The predicted molar refractivity (Wildman–Crippen MR) is 68.8 cm³/mol. The van der Waals surface area contributed by atoms with Gasteiger partial charge < -0.3 is 10.4 Å². The lowest BCUT2D eigenvalue weighted by molar-refractivity contribution is 0.136. The third-order valence-corrected chi connectivity index (χ3v) is 5.32. The molecule has 1 saturated heterocycles. The van der Waals surface area contributed by atoms with Crippen molar-refractivity contribution in [3.05, 3.63) is 29.6 Å². The number of sulfonamides is 1. The molecule has 2 N–H and O–H groups in total. The molecule has 1 aliphatic heterocycles. The molecule has 0 aromatic heterocycles. The number of aliphatic hydroxyl groups excluding tert-OH is 1. The Bertz CT molecular complexity index is 576. The van der Waals surface area contributed by atoms with Crippen LogP contribution in [0.3, 0.4) is 0 Å². The molecule has 2 atom stereocenters. The molecule has 2 rings (SSSR count).